The number of amides is 3. The van der Waals surface area contributed by atoms with Gasteiger partial charge >= 0.3 is 12.2 Å². The third-order valence-corrected chi connectivity index (χ3v) is 8.61. The van der Waals surface area contributed by atoms with Crippen LogP contribution in [-0.2, 0) is 25.4 Å². The molecule has 1 fully saturated rings. The van der Waals surface area contributed by atoms with E-state index in [0.29, 0.717) is 30.8 Å². The lowest BCUT2D eigenvalue weighted by Gasteiger charge is -2.44. The van der Waals surface area contributed by atoms with Crippen LogP contribution in [0.5, 0.6) is 0 Å². The summed E-state index contributed by atoms with van der Waals surface area (Å²) in [6, 6.07) is 22.6. The van der Waals surface area contributed by atoms with Crippen molar-refractivity contribution in [1.82, 2.24) is 15.5 Å². The van der Waals surface area contributed by atoms with Crippen LogP contribution in [0.15, 0.2) is 72.8 Å². The summed E-state index contributed by atoms with van der Waals surface area (Å²) in [5.74, 6) is -0.549. The van der Waals surface area contributed by atoms with Crippen molar-refractivity contribution in [3.05, 3.63) is 94.5 Å². The van der Waals surface area contributed by atoms with Crippen molar-refractivity contribution in [2.75, 3.05) is 33.4 Å². The van der Waals surface area contributed by atoms with E-state index in [9.17, 15) is 14.4 Å². The Hall–Kier alpha value is -4.08. The summed E-state index contributed by atoms with van der Waals surface area (Å²) >= 11 is 6.14. The van der Waals surface area contributed by atoms with Crippen molar-refractivity contribution in [3.8, 4) is 11.1 Å². The molecule has 0 bridgehead atoms. The number of benzene rings is 3. The molecule has 0 spiro atoms. The van der Waals surface area contributed by atoms with Gasteiger partial charge < -0.3 is 29.7 Å². The molecule has 0 saturated carbocycles. The number of methoxy groups -OCH3 is 1. The summed E-state index contributed by atoms with van der Waals surface area (Å²) in [6.07, 6.45) is 0.560. The van der Waals surface area contributed by atoms with E-state index in [4.69, 9.17) is 25.8 Å². The van der Waals surface area contributed by atoms with Crippen molar-refractivity contribution < 1.29 is 28.6 Å². The van der Waals surface area contributed by atoms with Gasteiger partial charge in [0, 0.05) is 31.1 Å². The number of ether oxygens (including phenoxy) is 3. The molecular formula is C36H42ClN3O6. The Kier molecular flexibility index (Phi) is 10.2. The summed E-state index contributed by atoms with van der Waals surface area (Å²) in [5.41, 5.74) is 3.91. The van der Waals surface area contributed by atoms with Crippen molar-refractivity contribution in [2.45, 2.75) is 63.1 Å². The summed E-state index contributed by atoms with van der Waals surface area (Å²) in [7, 11) is 1.47. The van der Waals surface area contributed by atoms with E-state index in [2.05, 4.69) is 22.8 Å². The predicted octanol–water partition coefficient (Wildman–Crippen LogP) is 6.32. The first-order valence-corrected chi connectivity index (χ1v) is 16.0. The molecule has 2 atom stereocenters. The average Bonchev–Trinajstić information content (AvgIpc) is 3.34. The lowest BCUT2D eigenvalue weighted by Crippen LogP contribution is -2.64. The van der Waals surface area contributed by atoms with Crippen molar-refractivity contribution in [3.63, 3.8) is 0 Å². The zero-order valence-electron chi connectivity index (χ0n) is 26.8. The Morgan fingerprint density at radius 3 is 2.22 bits per heavy atom. The number of nitrogens with zero attached hydrogens (tertiary/aromatic N) is 1. The second kappa shape index (κ2) is 14.1. The lowest BCUT2D eigenvalue weighted by atomic mass is 9.82. The zero-order chi connectivity index (χ0) is 32.9. The Balaban J connectivity index is 1.29. The van der Waals surface area contributed by atoms with Crippen LogP contribution in [0.2, 0.25) is 5.02 Å². The maximum absolute atomic E-state index is 13.9. The highest BCUT2D eigenvalue weighted by Crippen LogP contribution is 2.44. The van der Waals surface area contributed by atoms with Gasteiger partial charge in [-0.1, -0.05) is 72.3 Å². The molecule has 0 unspecified atom stereocenters. The first-order valence-electron chi connectivity index (χ1n) is 15.6. The average molecular weight is 648 g/mol. The van der Waals surface area contributed by atoms with E-state index in [1.165, 1.54) is 7.11 Å². The molecule has 0 radical (unpaired) electrons. The monoisotopic (exact) mass is 647 g/mol. The number of piperidine rings is 1. The van der Waals surface area contributed by atoms with Gasteiger partial charge in [-0.3, -0.25) is 4.79 Å². The minimum Gasteiger partial charge on any atom is -0.449 e. The van der Waals surface area contributed by atoms with Crippen LogP contribution in [0.25, 0.3) is 11.1 Å². The van der Waals surface area contributed by atoms with Crippen LogP contribution in [0.1, 0.15) is 56.2 Å². The molecule has 2 aliphatic rings. The summed E-state index contributed by atoms with van der Waals surface area (Å²) < 4.78 is 16.7. The number of carbonyl (C=O) groups is 3. The Morgan fingerprint density at radius 1 is 0.978 bits per heavy atom. The number of fused-ring (bicyclic) bond motifs is 3. The molecule has 1 saturated heterocycles. The number of alkyl carbamates (subject to hydrolysis) is 1. The van der Waals surface area contributed by atoms with Gasteiger partial charge in [-0.15, -0.1) is 0 Å². The molecule has 244 valence electrons. The number of hydrogen-bond donors (Lipinski definition) is 2. The van der Waals surface area contributed by atoms with Crippen LogP contribution < -0.4 is 10.6 Å². The van der Waals surface area contributed by atoms with E-state index in [0.717, 1.165) is 27.8 Å². The molecule has 10 heteroatoms. The minimum atomic E-state index is -1.03. The molecule has 1 aliphatic heterocycles. The highest BCUT2D eigenvalue weighted by molar-refractivity contribution is 6.30. The molecule has 3 aromatic rings. The molecule has 46 heavy (non-hydrogen) atoms. The van der Waals surface area contributed by atoms with E-state index in [1.54, 1.807) is 17.0 Å². The van der Waals surface area contributed by atoms with Crippen molar-refractivity contribution in [1.29, 1.82) is 0 Å². The first-order chi connectivity index (χ1) is 22.0. The Bertz CT molecular complexity index is 1510. The minimum absolute atomic E-state index is 0.0666. The van der Waals surface area contributed by atoms with Crippen molar-refractivity contribution in [2.24, 2.45) is 0 Å². The van der Waals surface area contributed by atoms with Gasteiger partial charge in [0.15, 0.2) is 0 Å². The molecule has 5 rings (SSSR count). The first kappa shape index (κ1) is 33.3. The lowest BCUT2D eigenvalue weighted by molar-refractivity contribution is -0.127. The standard InChI is InChI=1S/C36H42ClN3O6/c1-35(2,3)46-34(43)40-19-9-18-36(23-40,20-24-14-16-25(37)17-15-24)39-32(41)31(22-44-4)38-33(42)45-21-30-28-12-7-5-10-26(28)27-11-6-8-13-29(27)30/h5-8,10-17,30-31H,9,18-23H2,1-4H3,(H,38,42)(H,39,41)/t31-,36+/m0/s1. The van der Waals surface area contributed by atoms with Gasteiger partial charge in [-0.25, -0.2) is 9.59 Å². The zero-order valence-corrected chi connectivity index (χ0v) is 27.6. The smallest absolute Gasteiger partial charge is 0.410 e. The highest BCUT2D eigenvalue weighted by Gasteiger charge is 2.41. The largest absolute Gasteiger partial charge is 0.449 e. The van der Waals surface area contributed by atoms with Crippen LogP contribution in [0.3, 0.4) is 0 Å². The van der Waals surface area contributed by atoms with Crippen LogP contribution >= 0.6 is 11.6 Å². The molecule has 3 amide bonds. The van der Waals surface area contributed by atoms with Gasteiger partial charge in [0.05, 0.1) is 12.1 Å². The fourth-order valence-electron chi connectivity index (χ4n) is 6.38. The number of hydrogen-bond acceptors (Lipinski definition) is 6. The third-order valence-electron chi connectivity index (χ3n) is 8.36. The van der Waals surface area contributed by atoms with Gasteiger partial charge in [-0.2, -0.15) is 0 Å². The molecule has 0 aromatic heterocycles. The number of rotatable bonds is 9. The fraction of sp³-hybridized carbons (Fsp3) is 0.417. The molecule has 2 N–H and O–H groups in total. The highest BCUT2D eigenvalue weighted by atomic mass is 35.5. The predicted molar refractivity (Wildman–Crippen MR) is 177 cm³/mol. The van der Waals surface area contributed by atoms with Gasteiger partial charge in [-0.05, 0) is 80.0 Å². The normalized spacial score (nSPS) is 18.2. The van der Waals surface area contributed by atoms with Crippen LogP contribution in [-0.4, -0.2) is 73.6 Å². The topological polar surface area (TPSA) is 106 Å². The SMILES string of the molecule is COC[C@H](NC(=O)OCC1c2ccccc2-c2ccccc21)C(=O)N[C@@]1(Cc2ccc(Cl)cc2)CCCN(C(=O)OC(C)(C)C)C1. The van der Waals surface area contributed by atoms with Gasteiger partial charge in [0.25, 0.3) is 0 Å². The maximum atomic E-state index is 13.9. The van der Waals surface area contributed by atoms with E-state index in [-0.39, 0.29) is 25.7 Å². The van der Waals surface area contributed by atoms with Crippen LogP contribution in [0.4, 0.5) is 9.59 Å². The Morgan fingerprint density at radius 2 is 1.61 bits per heavy atom. The summed E-state index contributed by atoms with van der Waals surface area (Å²) in [4.78, 5) is 41.7. The summed E-state index contributed by atoms with van der Waals surface area (Å²) in [5, 5.41) is 6.50. The van der Waals surface area contributed by atoms with E-state index >= 15 is 0 Å². The van der Waals surface area contributed by atoms with E-state index < -0.39 is 35.3 Å². The van der Waals surface area contributed by atoms with Crippen molar-refractivity contribution >= 4 is 29.7 Å². The summed E-state index contributed by atoms with van der Waals surface area (Å²) in [6.45, 7) is 6.26. The molecule has 3 aromatic carbocycles. The molecular weight excluding hydrogens is 606 g/mol. The third kappa shape index (κ3) is 8.00. The Labute approximate surface area is 275 Å². The van der Waals surface area contributed by atoms with E-state index in [1.807, 2.05) is 69.3 Å². The molecule has 1 aliphatic carbocycles. The number of likely N-dealkylation sites (tertiary alicyclic amines) is 1. The molecule has 1 heterocycles. The second-order valence-electron chi connectivity index (χ2n) is 13.1. The molecule has 9 nitrogen and oxygen atoms in total. The van der Waals surface area contributed by atoms with Gasteiger partial charge in [0.2, 0.25) is 5.91 Å². The number of nitrogens with one attached hydrogen (secondary N) is 2. The second-order valence-corrected chi connectivity index (χ2v) is 13.5. The quantitative estimate of drug-likeness (QED) is 0.282. The van der Waals surface area contributed by atoms with Gasteiger partial charge in [0.1, 0.15) is 18.2 Å². The maximum Gasteiger partial charge on any atom is 0.410 e. The fourth-order valence-corrected chi connectivity index (χ4v) is 6.50. The number of halogens is 1. The number of carbonyl (C=O) groups excluding carboxylic acids is 3. The van der Waals surface area contributed by atoms with Crippen LogP contribution in [0, 0.1) is 0 Å².